The molecule has 0 saturated carbocycles. The van der Waals surface area contributed by atoms with Gasteiger partial charge in [-0.3, -0.25) is 4.79 Å². The first-order valence-electron chi connectivity index (χ1n) is 13.3. The van der Waals surface area contributed by atoms with E-state index in [9.17, 15) is 9.90 Å². The van der Waals surface area contributed by atoms with Crippen LogP contribution in [0.25, 0.3) is 38.6 Å². The van der Waals surface area contributed by atoms with Gasteiger partial charge in [-0.15, -0.1) is 15.0 Å². The fourth-order valence-electron chi connectivity index (χ4n) is 5.44. The molecule has 43 heavy (non-hydrogen) atoms. The third-order valence-electron chi connectivity index (χ3n) is 7.34. The molecule has 3 N–H and O–H groups in total. The summed E-state index contributed by atoms with van der Waals surface area (Å²) in [6, 6.07) is 29.6. The van der Waals surface area contributed by atoms with Crippen molar-refractivity contribution in [2.75, 3.05) is 10.6 Å². The van der Waals surface area contributed by atoms with Crippen molar-refractivity contribution in [3.8, 4) is 22.6 Å². The second-order valence-corrected chi connectivity index (χ2v) is 10.3. The molecule has 11 heteroatoms. The fourth-order valence-corrected chi connectivity index (χ4v) is 5.60. The van der Waals surface area contributed by atoms with Gasteiger partial charge in [0.2, 0.25) is 17.2 Å². The minimum atomic E-state index is -0.00175. The highest BCUT2D eigenvalue weighted by molar-refractivity contribution is 6.28. The largest absolute Gasteiger partial charge is 0.506 e. The highest BCUT2D eigenvalue weighted by Gasteiger charge is 2.25. The number of aromatic hydroxyl groups is 1. The standard InChI is InChI=1S/C32H19ClN8O2/c33-30-36-31(34-17-12-14-24-25(16-17)40-41(39-24)26-10-3-4-11-27(26)42)38-32(37-30)35-23-15-13-19-18-6-1-2-7-20(18)29(43)22-9-5-8-21(23)28(19)22/h1-16,42H,(H2,34,35,36,37,38). The van der Waals surface area contributed by atoms with Crippen LogP contribution in [-0.2, 0) is 0 Å². The molecule has 7 aromatic rings. The molecule has 0 aliphatic heterocycles. The lowest BCUT2D eigenvalue weighted by Crippen LogP contribution is -2.10. The number of nitrogens with zero attached hydrogens (tertiary/aromatic N) is 6. The number of benzene rings is 5. The number of aromatic nitrogens is 6. The molecule has 0 radical (unpaired) electrons. The molecule has 0 fully saturated rings. The van der Waals surface area contributed by atoms with Crippen LogP contribution in [0.1, 0.15) is 15.9 Å². The van der Waals surface area contributed by atoms with Gasteiger partial charge < -0.3 is 15.7 Å². The van der Waals surface area contributed by atoms with Crippen LogP contribution in [0.3, 0.4) is 0 Å². The maximum Gasteiger partial charge on any atom is 0.233 e. The van der Waals surface area contributed by atoms with E-state index in [1.165, 1.54) is 4.80 Å². The van der Waals surface area contributed by atoms with Gasteiger partial charge in [0.15, 0.2) is 5.78 Å². The van der Waals surface area contributed by atoms with Crippen molar-refractivity contribution in [1.29, 1.82) is 0 Å². The minimum Gasteiger partial charge on any atom is -0.506 e. The lowest BCUT2D eigenvalue weighted by Gasteiger charge is -2.21. The Morgan fingerprint density at radius 2 is 1.42 bits per heavy atom. The van der Waals surface area contributed by atoms with E-state index in [0.717, 1.165) is 27.6 Å². The molecule has 10 nitrogen and oxygen atoms in total. The van der Waals surface area contributed by atoms with Gasteiger partial charge in [-0.1, -0.05) is 60.7 Å². The zero-order chi connectivity index (χ0) is 29.1. The van der Waals surface area contributed by atoms with Crippen LogP contribution in [0.2, 0.25) is 5.28 Å². The van der Waals surface area contributed by atoms with E-state index in [0.29, 0.717) is 33.5 Å². The average Bonchev–Trinajstić information content (AvgIpc) is 3.43. The van der Waals surface area contributed by atoms with Gasteiger partial charge in [0.25, 0.3) is 0 Å². The number of fused-ring (bicyclic) bond motifs is 3. The third kappa shape index (κ3) is 4.20. The number of phenolic OH excluding ortho intramolecular Hbond substituents is 1. The van der Waals surface area contributed by atoms with Crippen molar-refractivity contribution in [1.82, 2.24) is 29.9 Å². The van der Waals surface area contributed by atoms with Crippen molar-refractivity contribution in [3.05, 3.63) is 113 Å². The van der Waals surface area contributed by atoms with Crippen molar-refractivity contribution < 1.29 is 9.90 Å². The Labute approximate surface area is 248 Å². The summed E-state index contributed by atoms with van der Waals surface area (Å²) in [5, 5.41) is 27.3. The maximum absolute atomic E-state index is 13.3. The van der Waals surface area contributed by atoms with Crippen LogP contribution in [0.4, 0.5) is 23.3 Å². The molecule has 8 rings (SSSR count). The van der Waals surface area contributed by atoms with E-state index in [1.807, 2.05) is 60.7 Å². The van der Waals surface area contributed by atoms with Gasteiger partial charge >= 0.3 is 0 Å². The van der Waals surface area contributed by atoms with Gasteiger partial charge in [0, 0.05) is 33.3 Å². The van der Waals surface area contributed by atoms with E-state index in [2.05, 4.69) is 35.8 Å². The van der Waals surface area contributed by atoms with Crippen molar-refractivity contribution in [2.45, 2.75) is 0 Å². The molecule has 206 valence electrons. The minimum absolute atomic E-state index is 0.00147. The Kier molecular flexibility index (Phi) is 5.56. The molecule has 0 bridgehead atoms. The highest BCUT2D eigenvalue weighted by Crippen LogP contribution is 2.42. The second-order valence-electron chi connectivity index (χ2n) is 9.95. The molecule has 1 aliphatic carbocycles. The first-order valence-corrected chi connectivity index (χ1v) is 13.7. The van der Waals surface area contributed by atoms with E-state index in [-0.39, 0.29) is 28.7 Å². The summed E-state index contributed by atoms with van der Waals surface area (Å²) in [4.78, 5) is 27.7. The normalized spacial score (nSPS) is 12.0. The highest BCUT2D eigenvalue weighted by atomic mass is 35.5. The fraction of sp³-hybridized carbons (Fsp3) is 0. The number of para-hydroxylation sites is 2. The first-order chi connectivity index (χ1) is 21.0. The summed E-state index contributed by atoms with van der Waals surface area (Å²) in [6.07, 6.45) is 0. The summed E-state index contributed by atoms with van der Waals surface area (Å²) in [5.41, 5.74) is 6.36. The number of hydrogen-bond donors (Lipinski definition) is 3. The maximum atomic E-state index is 13.3. The molecule has 0 unspecified atom stereocenters. The number of halogens is 1. The van der Waals surface area contributed by atoms with Crippen molar-refractivity contribution in [2.24, 2.45) is 0 Å². The third-order valence-corrected chi connectivity index (χ3v) is 7.50. The number of carbonyl (C=O) groups excluding carboxylic acids is 1. The lowest BCUT2D eigenvalue weighted by atomic mass is 9.82. The quantitative estimate of drug-likeness (QED) is 0.200. The van der Waals surface area contributed by atoms with Crippen molar-refractivity contribution in [3.63, 3.8) is 0 Å². The number of hydrogen-bond acceptors (Lipinski definition) is 9. The Hall–Kier alpha value is -5.87. The Bertz CT molecular complexity index is 2270. The average molecular weight is 583 g/mol. The van der Waals surface area contributed by atoms with Crippen LogP contribution in [0, 0.1) is 0 Å². The summed E-state index contributed by atoms with van der Waals surface area (Å²) in [6.45, 7) is 0. The number of phenols is 1. The Balaban J connectivity index is 1.12. The SMILES string of the molecule is O=C1c2ccccc2-c2ccc(Nc3nc(Cl)nc(Nc4ccc5nn(-c6ccccc6O)nc5c4)n3)c3cccc1c23. The zero-order valence-electron chi connectivity index (χ0n) is 22.2. The van der Waals surface area contributed by atoms with Crippen LogP contribution < -0.4 is 10.6 Å². The molecule has 2 heterocycles. The Morgan fingerprint density at radius 1 is 0.674 bits per heavy atom. The van der Waals surface area contributed by atoms with E-state index in [4.69, 9.17) is 11.6 Å². The van der Waals surface area contributed by atoms with Gasteiger partial charge in [-0.05, 0) is 59.1 Å². The zero-order valence-corrected chi connectivity index (χ0v) is 22.9. The second kappa shape index (κ2) is 9.61. The van der Waals surface area contributed by atoms with Crippen LogP contribution in [0.5, 0.6) is 5.75 Å². The molecule has 0 amide bonds. The van der Waals surface area contributed by atoms with Crippen LogP contribution in [-0.4, -0.2) is 40.8 Å². The topological polar surface area (TPSA) is 131 Å². The predicted octanol–water partition coefficient (Wildman–Crippen LogP) is 6.82. The summed E-state index contributed by atoms with van der Waals surface area (Å²) in [5.74, 6) is 0.533. The monoisotopic (exact) mass is 582 g/mol. The number of anilines is 4. The van der Waals surface area contributed by atoms with E-state index in [1.54, 1.807) is 36.4 Å². The smallest absolute Gasteiger partial charge is 0.233 e. The number of nitrogens with one attached hydrogen (secondary N) is 2. The molecule has 2 aromatic heterocycles. The summed E-state index contributed by atoms with van der Waals surface area (Å²) >= 11 is 6.30. The van der Waals surface area contributed by atoms with Crippen molar-refractivity contribution >= 4 is 62.5 Å². The first kappa shape index (κ1) is 24.9. The number of rotatable bonds is 5. The van der Waals surface area contributed by atoms with Gasteiger partial charge in [-0.25, -0.2) is 0 Å². The molecule has 0 saturated heterocycles. The lowest BCUT2D eigenvalue weighted by molar-refractivity contribution is 0.104. The van der Waals surface area contributed by atoms with E-state index >= 15 is 0 Å². The Morgan fingerprint density at radius 3 is 2.28 bits per heavy atom. The van der Waals surface area contributed by atoms with E-state index < -0.39 is 0 Å². The molecule has 0 spiro atoms. The summed E-state index contributed by atoms with van der Waals surface area (Å²) in [7, 11) is 0. The molecule has 1 aliphatic rings. The number of carbonyl (C=O) groups is 1. The summed E-state index contributed by atoms with van der Waals surface area (Å²) < 4.78 is 0. The van der Waals surface area contributed by atoms with Gasteiger partial charge in [0.05, 0.1) is 0 Å². The molecular weight excluding hydrogens is 564 g/mol. The van der Waals surface area contributed by atoms with Gasteiger partial charge in [-0.2, -0.15) is 15.0 Å². The van der Waals surface area contributed by atoms with Crippen LogP contribution in [0.15, 0.2) is 97.1 Å². The number of ketones is 1. The molecular formula is C32H19ClN8O2. The predicted molar refractivity (Wildman–Crippen MR) is 165 cm³/mol. The molecule has 0 atom stereocenters. The van der Waals surface area contributed by atoms with Crippen LogP contribution >= 0.6 is 11.6 Å². The van der Waals surface area contributed by atoms with Gasteiger partial charge in [0.1, 0.15) is 22.5 Å². The molecule has 5 aromatic carbocycles.